The standard InChI is InChI=1S/C24H36O7/c1-11-15(26)10-24(30)12(2)19-22(6,20(29)18(28)17(11)21(24,4)5)16(27)9-14-7-8-23(14,19)31-13(3)25/h12,14-16,18-19,26-28,30H,7-10H2,1-6H3/t12-,14+,15-,16-,18+,19?,22+,23-,24+/m0/s1. The molecule has 0 aromatic rings. The van der Waals surface area contributed by atoms with Crippen molar-refractivity contribution < 1.29 is 34.8 Å². The van der Waals surface area contributed by atoms with Crippen molar-refractivity contribution in [2.24, 2.45) is 28.6 Å². The van der Waals surface area contributed by atoms with Crippen LogP contribution in [0, 0.1) is 28.6 Å². The second-order valence-corrected chi connectivity index (χ2v) is 11.2. The van der Waals surface area contributed by atoms with E-state index in [9.17, 15) is 30.0 Å². The van der Waals surface area contributed by atoms with Crippen molar-refractivity contribution >= 4 is 11.8 Å². The Morgan fingerprint density at radius 3 is 2.29 bits per heavy atom. The van der Waals surface area contributed by atoms with E-state index in [0.29, 0.717) is 24.0 Å². The molecule has 0 spiro atoms. The van der Waals surface area contributed by atoms with Crippen LogP contribution < -0.4 is 0 Å². The molecule has 1 unspecified atom stereocenters. The maximum atomic E-state index is 13.9. The van der Waals surface area contributed by atoms with Gasteiger partial charge in [-0.2, -0.15) is 0 Å². The lowest BCUT2D eigenvalue weighted by Crippen LogP contribution is -2.76. The Hall–Kier alpha value is -1.28. The summed E-state index contributed by atoms with van der Waals surface area (Å²) >= 11 is 0. The fourth-order valence-electron chi connectivity index (χ4n) is 7.94. The SMILES string of the molecule is CC(=O)O[C@@]12CC[C@@H]1C[C@H](O)[C@@]1(C)C(=O)[C@H](O)C3=C(C)[C@@H](O)C[C@@](O)([C@@H](C)C12)C3(C)C. The summed E-state index contributed by atoms with van der Waals surface area (Å²) in [6, 6.07) is 0. The molecule has 0 aliphatic heterocycles. The summed E-state index contributed by atoms with van der Waals surface area (Å²) in [6.45, 7) is 10.1. The first-order valence-corrected chi connectivity index (χ1v) is 11.4. The molecule has 4 rings (SSSR count). The molecule has 3 saturated carbocycles. The first-order valence-electron chi connectivity index (χ1n) is 11.4. The highest BCUT2D eigenvalue weighted by molar-refractivity contribution is 5.93. The number of carbonyl (C=O) groups excluding carboxylic acids is 2. The summed E-state index contributed by atoms with van der Waals surface area (Å²) in [5.74, 6) is -2.42. The highest BCUT2D eigenvalue weighted by Crippen LogP contribution is 2.67. The van der Waals surface area contributed by atoms with Gasteiger partial charge in [-0.1, -0.05) is 20.8 Å². The topological polar surface area (TPSA) is 124 Å². The Kier molecular flexibility index (Phi) is 4.89. The molecule has 3 fully saturated rings. The normalized spacial score (nSPS) is 51.1. The minimum Gasteiger partial charge on any atom is -0.459 e. The number of fused-ring (bicyclic) bond motifs is 5. The first kappa shape index (κ1) is 22.9. The summed E-state index contributed by atoms with van der Waals surface area (Å²) in [5.41, 5.74) is -4.08. The number of ether oxygens (including phenoxy) is 1. The number of esters is 1. The quantitative estimate of drug-likeness (QED) is 0.363. The average Bonchev–Trinajstić information content (AvgIpc) is 2.65. The van der Waals surface area contributed by atoms with Crippen LogP contribution in [-0.2, 0) is 14.3 Å². The van der Waals surface area contributed by atoms with E-state index in [0.717, 1.165) is 6.42 Å². The van der Waals surface area contributed by atoms with E-state index in [1.807, 2.05) is 6.92 Å². The molecule has 0 aromatic carbocycles. The maximum absolute atomic E-state index is 13.9. The number of hydrogen-bond donors (Lipinski definition) is 4. The van der Waals surface area contributed by atoms with Crippen LogP contribution in [0.5, 0.6) is 0 Å². The van der Waals surface area contributed by atoms with Gasteiger partial charge in [-0.15, -0.1) is 0 Å². The highest BCUT2D eigenvalue weighted by Gasteiger charge is 2.74. The second kappa shape index (κ2) is 6.62. The molecule has 4 aliphatic rings. The fraction of sp³-hybridized carbons (Fsp3) is 0.833. The van der Waals surface area contributed by atoms with Gasteiger partial charge in [-0.25, -0.2) is 0 Å². The lowest BCUT2D eigenvalue weighted by Gasteiger charge is -2.68. The monoisotopic (exact) mass is 436 g/mol. The maximum Gasteiger partial charge on any atom is 0.303 e. The lowest BCUT2D eigenvalue weighted by atomic mass is 9.39. The molecule has 7 nitrogen and oxygen atoms in total. The molecular weight excluding hydrogens is 400 g/mol. The molecule has 2 bridgehead atoms. The van der Waals surface area contributed by atoms with Gasteiger partial charge in [0.05, 0.1) is 23.2 Å². The van der Waals surface area contributed by atoms with Crippen LogP contribution >= 0.6 is 0 Å². The van der Waals surface area contributed by atoms with Crippen LogP contribution in [0.1, 0.15) is 67.2 Å². The zero-order valence-electron chi connectivity index (χ0n) is 19.3. The Bertz CT molecular complexity index is 862. The van der Waals surface area contributed by atoms with Crippen LogP contribution in [0.25, 0.3) is 0 Å². The van der Waals surface area contributed by atoms with Crippen LogP contribution in [0.15, 0.2) is 11.1 Å². The molecule has 7 heteroatoms. The fourth-order valence-corrected chi connectivity index (χ4v) is 7.94. The molecule has 0 aromatic heterocycles. The number of ketones is 1. The minimum atomic E-state index is -1.57. The largest absolute Gasteiger partial charge is 0.459 e. The Morgan fingerprint density at radius 1 is 1.16 bits per heavy atom. The molecule has 0 heterocycles. The van der Waals surface area contributed by atoms with Gasteiger partial charge < -0.3 is 25.2 Å². The van der Waals surface area contributed by atoms with Crippen molar-refractivity contribution in [2.45, 2.75) is 96.7 Å². The predicted molar refractivity (Wildman–Crippen MR) is 112 cm³/mol. The van der Waals surface area contributed by atoms with Gasteiger partial charge in [0.25, 0.3) is 0 Å². The Balaban J connectivity index is 2.02. The summed E-state index contributed by atoms with van der Waals surface area (Å²) < 4.78 is 5.94. The zero-order chi connectivity index (χ0) is 23.3. The third-order valence-corrected chi connectivity index (χ3v) is 9.77. The molecule has 0 saturated heterocycles. The third kappa shape index (κ3) is 2.55. The molecule has 0 amide bonds. The van der Waals surface area contributed by atoms with Crippen LogP contribution in [-0.4, -0.2) is 61.7 Å². The van der Waals surface area contributed by atoms with Gasteiger partial charge in [-0.3, -0.25) is 9.59 Å². The van der Waals surface area contributed by atoms with Crippen molar-refractivity contribution in [2.75, 3.05) is 0 Å². The van der Waals surface area contributed by atoms with E-state index in [4.69, 9.17) is 4.74 Å². The summed E-state index contributed by atoms with van der Waals surface area (Å²) in [5, 5.41) is 45.5. The van der Waals surface area contributed by atoms with Gasteiger partial charge >= 0.3 is 5.97 Å². The molecule has 4 aliphatic carbocycles. The molecule has 31 heavy (non-hydrogen) atoms. The molecule has 4 N–H and O–H groups in total. The minimum absolute atomic E-state index is 0.0426. The summed E-state index contributed by atoms with van der Waals surface area (Å²) in [4.78, 5) is 26.1. The lowest BCUT2D eigenvalue weighted by molar-refractivity contribution is -0.282. The van der Waals surface area contributed by atoms with E-state index in [-0.39, 0.29) is 12.3 Å². The van der Waals surface area contributed by atoms with Gasteiger partial charge in [-0.05, 0) is 50.2 Å². The number of rotatable bonds is 1. The average molecular weight is 437 g/mol. The first-order chi connectivity index (χ1) is 14.2. The van der Waals surface area contributed by atoms with Crippen LogP contribution in [0.3, 0.4) is 0 Å². The molecule has 174 valence electrons. The Morgan fingerprint density at radius 2 is 1.77 bits per heavy atom. The van der Waals surface area contributed by atoms with E-state index in [1.165, 1.54) is 6.92 Å². The van der Waals surface area contributed by atoms with E-state index in [1.54, 1.807) is 27.7 Å². The second-order valence-electron chi connectivity index (χ2n) is 11.2. The molecule has 0 radical (unpaired) electrons. The zero-order valence-corrected chi connectivity index (χ0v) is 19.3. The molecule has 9 atom stereocenters. The van der Waals surface area contributed by atoms with Gasteiger partial charge in [0.2, 0.25) is 0 Å². The van der Waals surface area contributed by atoms with Crippen LogP contribution in [0.4, 0.5) is 0 Å². The van der Waals surface area contributed by atoms with Gasteiger partial charge in [0.1, 0.15) is 11.7 Å². The van der Waals surface area contributed by atoms with Gasteiger partial charge in [0, 0.05) is 30.6 Å². The van der Waals surface area contributed by atoms with Crippen LogP contribution in [0.2, 0.25) is 0 Å². The number of carbonyl (C=O) groups is 2. The summed E-state index contributed by atoms with van der Waals surface area (Å²) in [6.07, 6.45) is -1.97. The number of aliphatic hydroxyl groups is 4. The van der Waals surface area contributed by atoms with Crippen molar-refractivity contribution in [1.29, 1.82) is 0 Å². The van der Waals surface area contributed by atoms with Crippen molar-refractivity contribution in [3.8, 4) is 0 Å². The molecular formula is C24H36O7. The van der Waals surface area contributed by atoms with E-state index >= 15 is 0 Å². The highest BCUT2D eigenvalue weighted by atomic mass is 16.6. The van der Waals surface area contributed by atoms with Gasteiger partial charge in [0.15, 0.2) is 5.78 Å². The Labute approximate surface area is 183 Å². The van der Waals surface area contributed by atoms with Crippen molar-refractivity contribution in [1.82, 2.24) is 0 Å². The number of hydrogen-bond acceptors (Lipinski definition) is 7. The number of Topliss-reactive ketones (excluding diaryl/α,β-unsaturated/α-hetero) is 1. The van der Waals surface area contributed by atoms with Crippen molar-refractivity contribution in [3.63, 3.8) is 0 Å². The summed E-state index contributed by atoms with van der Waals surface area (Å²) in [7, 11) is 0. The van der Waals surface area contributed by atoms with Crippen molar-refractivity contribution in [3.05, 3.63) is 11.1 Å². The predicted octanol–water partition coefficient (Wildman–Crippen LogP) is 1.50. The smallest absolute Gasteiger partial charge is 0.303 e. The van der Waals surface area contributed by atoms with E-state index < -0.39 is 63.9 Å². The third-order valence-electron chi connectivity index (χ3n) is 9.77. The van der Waals surface area contributed by atoms with E-state index in [2.05, 4.69) is 0 Å². The number of aliphatic hydroxyl groups excluding tert-OH is 3.